The molecule has 0 aliphatic rings. The predicted molar refractivity (Wildman–Crippen MR) is 113 cm³/mol. The van der Waals surface area contributed by atoms with E-state index >= 15 is 0 Å². The fraction of sp³-hybridized carbons (Fsp3) is 0.100. The van der Waals surface area contributed by atoms with E-state index in [0.717, 1.165) is 23.1 Å². The summed E-state index contributed by atoms with van der Waals surface area (Å²) in [6.45, 7) is 4.02. The van der Waals surface area contributed by atoms with Gasteiger partial charge in [-0.3, -0.25) is 14.9 Å². The number of aromatic nitrogens is 1. The van der Waals surface area contributed by atoms with Gasteiger partial charge in [0, 0.05) is 34.3 Å². The zero-order valence-electron chi connectivity index (χ0n) is 15.6. The molecule has 0 spiro atoms. The molecule has 3 rings (SSSR count). The Hall–Kier alpha value is -3.46. The van der Waals surface area contributed by atoms with E-state index in [0.29, 0.717) is 11.1 Å². The van der Waals surface area contributed by atoms with Crippen molar-refractivity contribution in [1.82, 2.24) is 9.99 Å². The van der Waals surface area contributed by atoms with Crippen LogP contribution in [0.15, 0.2) is 58.1 Å². The summed E-state index contributed by atoms with van der Waals surface area (Å²) in [5, 5.41) is 24.5. The molecule has 0 saturated heterocycles. The van der Waals surface area contributed by atoms with Crippen molar-refractivity contribution >= 4 is 33.7 Å². The van der Waals surface area contributed by atoms with Crippen molar-refractivity contribution in [2.45, 2.75) is 13.8 Å². The molecule has 1 amide bonds. The molecule has 1 heterocycles. The number of hydrazone groups is 1. The molecular weight excluding hydrogens is 440 g/mol. The van der Waals surface area contributed by atoms with Gasteiger partial charge >= 0.3 is 5.69 Å². The Kier molecular flexibility index (Phi) is 5.79. The molecule has 3 aromatic rings. The van der Waals surface area contributed by atoms with E-state index in [1.54, 1.807) is 12.1 Å². The maximum atomic E-state index is 12.3. The van der Waals surface area contributed by atoms with Crippen LogP contribution in [0.25, 0.3) is 5.69 Å². The van der Waals surface area contributed by atoms with E-state index in [-0.39, 0.29) is 4.47 Å². The second-order valence-corrected chi connectivity index (χ2v) is 7.18. The number of hydrogen-bond donors (Lipinski definition) is 2. The lowest BCUT2D eigenvalue weighted by Crippen LogP contribution is -2.17. The molecule has 0 atom stereocenters. The molecule has 8 nitrogen and oxygen atoms in total. The van der Waals surface area contributed by atoms with E-state index in [1.165, 1.54) is 12.3 Å². The Bertz CT molecular complexity index is 1100. The van der Waals surface area contributed by atoms with Crippen molar-refractivity contribution < 1.29 is 14.8 Å². The number of phenolic OH excluding ortho intramolecular Hbond substituents is 1. The van der Waals surface area contributed by atoms with Gasteiger partial charge in [0.15, 0.2) is 0 Å². The number of aryl methyl sites for hydroxylation is 2. The van der Waals surface area contributed by atoms with Crippen LogP contribution in [0.1, 0.15) is 27.3 Å². The van der Waals surface area contributed by atoms with Gasteiger partial charge in [-0.15, -0.1) is 0 Å². The number of benzene rings is 2. The Labute approximate surface area is 174 Å². The molecule has 148 valence electrons. The molecule has 0 fully saturated rings. The maximum Gasteiger partial charge on any atom is 0.312 e. The summed E-state index contributed by atoms with van der Waals surface area (Å²) >= 11 is 3.05. The molecule has 2 aromatic carbocycles. The Morgan fingerprint density at radius 3 is 2.38 bits per heavy atom. The first-order chi connectivity index (χ1) is 13.8. The molecule has 9 heteroatoms. The van der Waals surface area contributed by atoms with Crippen molar-refractivity contribution in [3.05, 3.63) is 85.6 Å². The van der Waals surface area contributed by atoms with Crippen molar-refractivity contribution in [2.75, 3.05) is 0 Å². The summed E-state index contributed by atoms with van der Waals surface area (Å²) in [6.07, 6.45) is 1.26. The molecule has 29 heavy (non-hydrogen) atoms. The summed E-state index contributed by atoms with van der Waals surface area (Å²) in [7, 11) is 0. The maximum absolute atomic E-state index is 12.3. The van der Waals surface area contributed by atoms with Gasteiger partial charge < -0.3 is 9.67 Å². The highest BCUT2D eigenvalue weighted by molar-refractivity contribution is 9.10. The van der Waals surface area contributed by atoms with Crippen molar-refractivity contribution in [2.24, 2.45) is 5.10 Å². The number of nitro groups is 1. The summed E-state index contributed by atoms with van der Waals surface area (Å²) in [5.74, 6) is -0.884. The van der Waals surface area contributed by atoms with Gasteiger partial charge in [0.05, 0.1) is 15.6 Å². The third-order valence-corrected chi connectivity index (χ3v) is 4.91. The van der Waals surface area contributed by atoms with Gasteiger partial charge in [0.2, 0.25) is 5.75 Å². The highest BCUT2D eigenvalue weighted by Gasteiger charge is 2.17. The average molecular weight is 457 g/mol. The van der Waals surface area contributed by atoms with Gasteiger partial charge in [-0.25, -0.2) is 5.43 Å². The van der Waals surface area contributed by atoms with E-state index in [4.69, 9.17) is 0 Å². The molecule has 2 N–H and O–H groups in total. The highest BCUT2D eigenvalue weighted by atomic mass is 79.9. The lowest BCUT2D eigenvalue weighted by molar-refractivity contribution is -0.386. The second kappa shape index (κ2) is 8.27. The van der Waals surface area contributed by atoms with E-state index in [2.05, 4.69) is 31.0 Å². The predicted octanol–water partition coefficient (Wildman–Crippen LogP) is 4.23. The van der Waals surface area contributed by atoms with Gasteiger partial charge in [-0.05, 0) is 72.2 Å². The highest BCUT2D eigenvalue weighted by Crippen LogP contribution is 2.34. The zero-order chi connectivity index (χ0) is 21.1. The van der Waals surface area contributed by atoms with Crippen LogP contribution in [0.3, 0.4) is 0 Å². The first-order valence-electron chi connectivity index (χ1n) is 8.53. The third kappa shape index (κ3) is 4.35. The first kappa shape index (κ1) is 20.3. The first-order valence-corrected chi connectivity index (χ1v) is 9.33. The summed E-state index contributed by atoms with van der Waals surface area (Å²) in [6, 6.07) is 13.7. The van der Waals surface area contributed by atoms with Crippen molar-refractivity contribution in [1.29, 1.82) is 0 Å². The number of nitro benzene ring substituents is 1. The van der Waals surface area contributed by atoms with Crippen LogP contribution >= 0.6 is 15.9 Å². The second-order valence-electron chi connectivity index (χ2n) is 6.33. The smallest absolute Gasteiger partial charge is 0.312 e. The largest absolute Gasteiger partial charge is 0.501 e. The number of halogens is 1. The van der Waals surface area contributed by atoms with Crippen LogP contribution in [0.5, 0.6) is 5.75 Å². The minimum atomic E-state index is -0.703. The molecule has 0 radical (unpaired) electrons. The average Bonchev–Trinajstić information content (AvgIpc) is 3.02. The Balaban J connectivity index is 1.72. The number of hydrogen-bond acceptors (Lipinski definition) is 5. The van der Waals surface area contributed by atoms with E-state index in [1.807, 2.05) is 38.1 Å². The Morgan fingerprint density at radius 2 is 1.79 bits per heavy atom. The monoisotopic (exact) mass is 456 g/mol. The van der Waals surface area contributed by atoms with Gasteiger partial charge in [-0.2, -0.15) is 5.10 Å². The molecule has 0 saturated carbocycles. The molecule has 1 aromatic heterocycles. The molecule has 0 aliphatic heterocycles. The minimum Gasteiger partial charge on any atom is -0.501 e. The van der Waals surface area contributed by atoms with Crippen molar-refractivity contribution in [3.63, 3.8) is 0 Å². The summed E-state index contributed by atoms with van der Waals surface area (Å²) in [5.41, 5.74) is 5.83. The van der Waals surface area contributed by atoms with Crippen LogP contribution in [0.4, 0.5) is 5.69 Å². The number of amides is 1. The standard InChI is InChI=1S/C20H17BrN4O4/c1-12-3-4-13(2)24(12)16-7-5-15(6-8-16)20(27)23-22-11-14-9-17(21)19(26)18(10-14)25(28)29/h3-11,26H,1-2H3,(H,23,27)/b22-11-. The molecule has 0 bridgehead atoms. The van der Waals surface area contributed by atoms with Crippen LogP contribution in [0.2, 0.25) is 0 Å². The van der Waals surface area contributed by atoms with Crippen LogP contribution in [-0.2, 0) is 0 Å². The number of carbonyl (C=O) groups excluding carboxylic acids is 1. The normalized spacial score (nSPS) is 11.0. The minimum absolute atomic E-state index is 0.158. The quantitative estimate of drug-likeness (QED) is 0.339. The van der Waals surface area contributed by atoms with E-state index < -0.39 is 22.3 Å². The summed E-state index contributed by atoms with van der Waals surface area (Å²) < 4.78 is 2.24. The van der Waals surface area contributed by atoms with Crippen LogP contribution in [0, 0.1) is 24.0 Å². The van der Waals surface area contributed by atoms with Crippen molar-refractivity contribution in [3.8, 4) is 11.4 Å². The third-order valence-electron chi connectivity index (χ3n) is 4.30. The van der Waals surface area contributed by atoms with Gasteiger partial charge in [0.1, 0.15) is 0 Å². The summed E-state index contributed by atoms with van der Waals surface area (Å²) in [4.78, 5) is 22.5. The van der Waals surface area contributed by atoms with Gasteiger partial charge in [0.25, 0.3) is 5.91 Å². The fourth-order valence-corrected chi connectivity index (χ4v) is 3.35. The number of phenols is 1. The molecule has 0 unspecified atom stereocenters. The number of aromatic hydroxyl groups is 1. The number of nitrogens with zero attached hydrogens (tertiary/aromatic N) is 3. The lowest BCUT2D eigenvalue weighted by Gasteiger charge is -2.10. The number of rotatable bonds is 5. The molecule has 0 aliphatic carbocycles. The topological polar surface area (TPSA) is 110 Å². The fourth-order valence-electron chi connectivity index (χ4n) is 2.89. The van der Waals surface area contributed by atoms with Gasteiger partial charge in [-0.1, -0.05) is 0 Å². The Morgan fingerprint density at radius 1 is 1.17 bits per heavy atom. The van der Waals surface area contributed by atoms with Crippen LogP contribution in [-0.4, -0.2) is 26.7 Å². The zero-order valence-corrected chi connectivity index (χ0v) is 17.2. The van der Waals surface area contributed by atoms with E-state index in [9.17, 15) is 20.0 Å². The SMILES string of the molecule is Cc1ccc(C)n1-c1ccc(C(=O)N/N=C\c2cc(Br)c(O)c([N+](=O)[O-])c2)cc1. The number of nitrogens with one attached hydrogen (secondary N) is 1. The number of carbonyl (C=O) groups is 1. The lowest BCUT2D eigenvalue weighted by atomic mass is 10.2. The molecular formula is C20H17BrN4O4. The van der Waals surface area contributed by atoms with Crippen LogP contribution < -0.4 is 5.43 Å².